The molecule has 0 N–H and O–H groups in total. The molecule has 0 saturated carbocycles. The van der Waals surface area contributed by atoms with Crippen LogP contribution in [0.3, 0.4) is 0 Å². The molecule has 0 bridgehead atoms. The zero-order valence-electron chi connectivity index (χ0n) is 12.4. The topological polar surface area (TPSA) is 58.0 Å². The predicted octanol–water partition coefficient (Wildman–Crippen LogP) is 2.40. The molecule has 1 fully saturated rings. The molecule has 6 nitrogen and oxygen atoms in total. The molecular formula is C16H15ClN6. The van der Waals surface area contributed by atoms with Crippen molar-refractivity contribution in [2.45, 2.75) is 0 Å². The van der Waals surface area contributed by atoms with Crippen LogP contribution in [0.2, 0.25) is 5.02 Å². The molecule has 0 atom stereocenters. The highest BCUT2D eigenvalue weighted by atomic mass is 35.5. The summed E-state index contributed by atoms with van der Waals surface area (Å²) in [7, 11) is 0. The molecule has 2 aromatic heterocycles. The molecule has 116 valence electrons. The van der Waals surface area contributed by atoms with Gasteiger partial charge in [-0.3, -0.25) is 9.97 Å². The van der Waals surface area contributed by atoms with Crippen molar-refractivity contribution in [1.29, 1.82) is 0 Å². The van der Waals surface area contributed by atoms with Gasteiger partial charge in [-0.25, -0.2) is 9.97 Å². The first kappa shape index (κ1) is 14.1. The van der Waals surface area contributed by atoms with Gasteiger partial charge in [0.15, 0.2) is 0 Å². The quantitative estimate of drug-likeness (QED) is 0.720. The zero-order chi connectivity index (χ0) is 15.6. The smallest absolute Gasteiger partial charge is 0.147 e. The molecule has 0 unspecified atom stereocenters. The number of aromatic nitrogens is 4. The number of anilines is 2. The second kappa shape index (κ2) is 5.96. The lowest BCUT2D eigenvalue weighted by Crippen LogP contribution is -2.47. The van der Waals surface area contributed by atoms with Crippen LogP contribution < -0.4 is 9.80 Å². The first-order valence-corrected chi connectivity index (χ1v) is 7.86. The average molecular weight is 327 g/mol. The molecule has 7 heteroatoms. The molecule has 0 amide bonds. The lowest BCUT2D eigenvalue weighted by molar-refractivity contribution is 0.640. The lowest BCUT2D eigenvalue weighted by Gasteiger charge is -2.35. The summed E-state index contributed by atoms with van der Waals surface area (Å²) in [5.41, 5.74) is 1.68. The fourth-order valence-corrected chi connectivity index (χ4v) is 2.91. The Morgan fingerprint density at radius 1 is 0.826 bits per heavy atom. The van der Waals surface area contributed by atoms with Crippen molar-refractivity contribution in [3.05, 3.63) is 48.0 Å². The minimum atomic E-state index is 0.678. The zero-order valence-corrected chi connectivity index (χ0v) is 13.2. The number of halogens is 1. The van der Waals surface area contributed by atoms with Gasteiger partial charge in [0.05, 0.1) is 23.4 Å². The first-order chi connectivity index (χ1) is 11.3. The van der Waals surface area contributed by atoms with Gasteiger partial charge in [0.2, 0.25) is 0 Å². The van der Waals surface area contributed by atoms with Gasteiger partial charge < -0.3 is 9.80 Å². The van der Waals surface area contributed by atoms with Gasteiger partial charge in [-0.2, -0.15) is 0 Å². The average Bonchev–Trinajstić information content (AvgIpc) is 2.62. The van der Waals surface area contributed by atoms with Crippen LogP contribution in [0, 0.1) is 0 Å². The first-order valence-electron chi connectivity index (χ1n) is 7.48. The van der Waals surface area contributed by atoms with E-state index in [-0.39, 0.29) is 0 Å². The molecule has 23 heavy (non-hydrogen) atoms. The number of hydrogen-bond donors (Lipinski definition) is 0. The Kier molecular flexibility index (Phi) is 3.67. The third kappa shape index (κ3) is 2.90. The standard InChI is InChI=1S/C16H15ClN6/c17-12-1-2-13-14(9-12)20-11-16(21-13)23-7-5-22(6-8-23)15-10-18-3-4-19-15/h1-4,9-11H,5-8H2. The second-order valence-electron chi connectivity index (χ2n) is 5.40. The van der Waals surface area contributed by atoms with Crippen LogP contribution in [0.15, 0.2) is 43.0 Å². The summed E-state index contributed by atoms with van der Waals surface area (Å²) in [6.07, 6.45) is 7.03. The Bertz CT molecular complexity index is 817. The summed E-state index contributed by atoms with van der Waals surface area (Å²) in [4.78, 5) is 22.1. The maximum absolute atomic E-state index is 5.99. The van der Waals surface area contributed by atoms with E-state index in [0.29, 0.717) is 5.02 Å². The monoisotopic (exact) mass is 326 g/mol. The maximum atomic E-state index is 5.99. The molecular weight excluding hydrogens is 312 g/mol. The van der Waals surface area contributed by atoms with Crippen LogP contribution in [-0.4, -0.2) is 46.1 Å². The van der Waals surface area contributed by atoms with E-state index in [1.165, 1.54) is 0 Å². The van der Waals surface area contributed by atoms with Crippen molar-refractivity contribution >= 4 is 34.3 Å². The van der Waals surface area contributed by atoms with Crippen molar-refractivity contribution in [1.82, 2.24) is 19.9 Å². The van der Waals surface area contributed by atoms with E-state index >= 15 is 0 Å². The Morgan fingerprint density at radius 3 is 2.35 bits per heavy atom. The number of nitrogens with zero attached hydrogens (tertiary/aromatic N) is 6. The van der Waals surface area contributed by atoms with Crippen LogP contribution in [0.1, 0.15) is 0 Å². The van der Waals surface area contributed by atoms with E-state index in [1.54, 1.807) is 18.6 Å². The van der Waals surface area contributed by atoms with Crippen LogP contribution in [0.25, 0.3) is 11.0 Å². The van der Waals surface area contributed by atoms with Gasteiger partial charge in [-0.15, -0.1) is 0 Å². The highest BCUT2D eigenvalue weighted by Crippen LogP contribution is 2.21. The lowest BCUT2D eigenvalue weighted by atomic mass is 10.3. The number of fused-ring (bicyclic) bond motifs is 1. The second-order valence-corrected chi connectivity index (χ2v) is 5.84. The van der Waals surface area contributed by atoms with Gasteiger partial charge in [0.25, 0.3) is 0 Å². The summed E-state index contributed by atoms with van der Waals surface area (Å²) in [6.45, 7) is 3.53. The summed E-state index contributed by atoms with van der Waals surface area (Å²) < 4.78 is 0. The van der Waals surface area contributed by atoms with Crippen LogP contribution in [-0.2, 0) is 0 Å². The third-order valence-electron chi connectivity index (χ3n) is 3.97. The van der Waals surface area contributed by atoms with Crippen LogP contribution >= 0.6 is 11.6 Å². The molecule has 3 heterocycles. The molecule has 1 saturated heterocycles. The van der Waals surface area contributed by atoms with Crippen molar-refractivity contribution in [2.75, 3.05) is 36.0 Å². The number of piperazine rings is 1. The van der Waals surface area contributed by atoms with Gasteiger partial charge in [0.1, 0.15) is 11.6 Å². The van der Waals surface area contributed by atoms with E-state index in [2.05, 4.69) is 24.8 Å². The van der Waals surface area contributed by atoms with Crippen LogP contribution in [0.5, 0.6) is 0 Å². The van der Waals surface area contributed by atoms with Crippen molar-refractivity contribution < 1.29 is 0 Å². The van der Waals surface area contributed by atoms with E-state index < -0.39 is 0 Å². The van der Waals surface area contributed by atoms with Gasteiger partial charge in [0, 0.05) is 43.6 Å². The highest BCUT2D eigenvalue weighted by Gasteiger charge is 2.19. The van der Waals surface area contributed by atoms with Gasteiger partial charge >= 0.3 is 0 Å². The van der Waals surface area contributed by atoms with Gasteiger partial charge in [-0.05, 0) is 18.2 Å². The van der Waals surface area contributed by atoms with E-state index in [1.807, 2.05) is 24.4 Å². The summed E-state index contributed by atoms with van der Waals surface area (Å²) >= 11 is 5.99. The van der Waals surface area contributed by atoms with Crippen molar-refractivity contribution in [3.8, 4) is 0 Å². The molecule has 1 aromatic carbocycles. The Morgan fingerprint density at radius 2 is 1.61 bits per heavy atom. The van der Waals surface area contributed by atoms with Gasteiger partial charge in [-0.1, -0.05) is 11.6 Å². The number of hydrogen-bond acceptors (Lipinski definition) is 6. The molecule has 0 radical (unpaired) electrons. The highest BCUT2D eigenvalue weighted by molar-refractivity contribution is 6.31. The van der Waals surface area contributed by atoms with E-state index in [9.17, 15) is 0 Å². The molecule has 1 aliphatic heterocycles. The van der Waals surface area contributed by atoms with E-state index in [4.69, 9.17) is 16.6 Å². The number of rotatable bonds is 2. The number of benzene rings is 1. The molecule has 4 rings (SSSR count). The van der Waals surface area contributed by atoms with Crippen molar-refractivity contribution in [2.24, 2.45) is 0 Å². The summed E-state index contributed by atoms with van der Waals surface area (Å²) in [5, 5.41) is 0.678. The molecule has 0 spiro atoms. The van der Waals surface area contributed by atoms with Crippen molar-refractivity contribution in [3.63, 3.8) is 0 Å². The maximum Gasteiger partial charge on any atom is 0.147 e. The van der Waals surface area contributed by atoms with Crippen LogP contribution in [0.4, 0.5) is 11.6 Å². The Labute approximate surface area is 138 Å². The predicted molar refractivity (Wildman–Crippen MR) is 91.0 cm³/mol. The van der Waals surface area contributed by atoms with E-state index in [0.717, 1.165) is 48.8 Å². The Hall–Kier alpha value is -2.47. The Balaban J connectivity index is 1.51. The largest absolute Gasteiger partial charge is 0.352 e. The SMILES string of the molecule is Clc1ccc2nc(N3CCN(c4cnccn4)CC3)cnc2c1. The third-order valence-corrected chi connectivity index (χ3v) is 4.20. The fraction of sp³-hybridized carbons (Fsp3) is 0.250. The normalized spacial score (nSPS) is 15.2. The fourth-order valence-electron chi connectivity index (χ4n) is 2.75. The molecule has 3 aromatic rings. The summed E-state index contributed by atoms with van der Waals surface area (Å²) in [6, 6.07) is 5.58. The minimum Gasteiger partial charge on any atom is -0.352 e. The summed E-state index contributed by atoms with van der Waals surface area (Å²) in [5.74, 6) is 1.82. The minimum absolute atomic E-state index is 0.678. The molecule has 0 aliphatic carbocycles. The molecule has 1 aliphatic rings.